The Balaban J connectivity index is 2.66. The predicted molar refractivity (Wildman–Crippen MR) is 78.2 cm³/mol. The van der Waals surface area contributed by atoms with Gasteiger partial charge in [-0.15, -0.1) is 6.58 Å². The second kappa shape index (κ2) is 6.97. The van der Waals surface area contributed by atoms with Gasteiger partial charge in [0.15, 0.2) is 5.96 Å². The molecular weight excluding hydrogens is 240 g/mol. The van der Waals surface area contributed by atoms with Crippen molar-refractivity contribution in [1.82, 2.24) is 15.6 Å². The molecule has 0 spiro atoms. The Morgan fingerprint density at radius 1 is 1.47 bits per heavy atom. The Morgan fingerprint density at radius 3 is 2.74 bits per heavy atom. The Bertz CT molecular complexity index is 429. The standard InChI is InChI=1S/C14H24N4O/c1-6-8-16-13(15-7-2)18-10-12-17-9-11(19-12)14(3,4)5/h6,9H,1,7-8,10H2,2-5H3,(H2,15,16,18). The normalized spacial score (nSPS) is 12.3. The van der Waals surface area contributed by atoms with Crippen LogP contribution in [0.2, 0.25) is 0 Å². The third-order valence-electron chi connectivity index (χ3n) is 2.42. The molecule has 0 aliphatic carbocycles. The van der Waals surface area contributed by atoms with Crippen LogP contribution < -0.4 is 10.6 Å². The SMILES string of the molecule is C=CCNC(=NCc1ncc(C(C)(C)C)o1)NCC. The van der Waals surface area contributed by atoms with Crippen molar-refractivity contribution >= 4 is 5.96 Å². The molecule has 1 aromatic rings. The fourth-order valence-corrected chi connectivity index (χ4v) is 1.39. The van der Waals surface area contributed by atoms with Gasteiger partial charge < -0.3 is 15.1 Å². The quantitative estimate of drug-likeness (QED) is 0.486. The Kier molecular flexibility index (Phi) is 5.60. The second-order valence-corrected chi connectivity index (χ2v) is 5.23. The minimum atomic E-state index is -0.0272. The van der Waals surface area contributed by atoms with Gasteiger partial charge in [-0.2, -0.15) is 0 Å². The minimum Gasteiger partial charge on any atom is -0.443 e. The third kappa shape index (κ3) is 5.16. The number of hydrogen-bond donors (Lipinski definition) is 2. The van der Waals surface area contributed by atoms with Crippen LogP contribution in [0.1, 0.15) is 39.3 Å². The van der Waals surface area contributed by atoms with Crippen LogP contribution in [0.5, 0.6) is 0 Å². The maximum absolute atomic E-state index is 5.69. The van der Waals surface area contributed by atoms with Crippen LogP contribution in [0, 0.1) is 0 Å². The lowest BCUT2D eigenvalue weighted by molar-refractivity contribution is 0.383. The number of nitrogens with one attached hydrogen (secondary N) is 2. The first-order valence-electron chi connectivity index (χ1n) is 6.55. The summed E-state index contributed by atoms with van der Waals surface area (Å²) < 4.78 is 5.69. The van der Waals surface area contributed by atoms with E-state index in [-0.39, 0.29) is 5.41 Å². The summed E-state index contributed by atoms with van der Waals surface area (Å²) >= 11 is 0. The van der Waals surface area contributed by atoms with Gasteiger partial charge in [0, 0.05) is 18.5 Å². The summed E-state index contributed by atoms with van der Waals surface area (Å²) in [5.41, 5.74) is -0.0272. The molecule has 0 atom stereocenters. The van der Waals surface area contributed by atoms with Gasteiger partial charge in [0.25, 0.3) is 0 Å². The molecule has 0 radical (unpaired) electrons. The highest BCUT2D eigenvalue weighted by molar-refractivity contribution is 5.79. The lowest BCUT2D eigenvalue weighted by Crippen LogP contribution is -2.37. The Labute approximate surface area is 115 Å². The number of aliphatic imine (C=N–C) groups is 1. The van der Waals surface area contributed by atoms with E-state index in [0.29, 0.717) is 19.0 Å². The van der Waals surface area contributed by atoms with Gasteiger partial charge in [-0.05, 0) is 6.92 Å². The molecule has 0 aromatic carbocycles. The van der Waals surface area contributed by atoms with Crippen molar-refractivity contribution < 1.29 is 4.42 Å². The fourth-order valence-electron chi connectivity index (χ4n) is 1.39. The number of hydrogen-bond acceptors (Lipinski definition) is 3. The molecule has 1 rings (SSSR count). The summed E-state index contributed by atoms with van der Waals surface area (Å²) in [5.74, 6) is 2.24. The zero-order chi connectivity index (χ0) is 14.3. The number of guanidine groups is 1. The van der Waals surface area contributed by atoms with Crippen LogP contribution in [0.15, 0.2) is 28.3 Å². The summed E-state index contributed by atoms with van der Waals surface area (Å²) in [6.07, 6.45) is 3.56. The van der Waals surface area contributed by atoms with E-state index in [1.807, 2.05) is 6.92 Å². The third-order valence-corrected chi connectivity index (χ3v) is 2.42. The lowest BCUT2D eigenvalue weighted by atomic mass is 9.94. The molecule has 0 aliphatic rings. The van der Waals surface area contributed by atoms with Crippen LogP contribution in [0.4, 0.5) is 0 Å². The van der Waals surface area contributed by atoms with Gasteiger partial charge in [0.2, 0.25) is 5.89 Å². The summed E-state index contributed by atoms with van der Waals surface area (Å²) in [6, 6.07) is 0. The summed E-state index contributed by atoms with van der Waals surface area (Å²) in [7, 11) is 0. The summed E-state index contributed by atoms with van der Waals surface area (Å²) in [4.78, 5) is 8.65. The van der Waals surface area contributed by atoms with Gasteiger partial charge in [-0.1, -0.05) is 26.8 Å². The van der Waals surface area contributed by atoms with Gasteiger partial charge in [-0.3, -0.25) is 0 Å². The molecule has 0 bridgehead atoms. The molecule has 0 amide bonds. The van der Waals surface area contributed by atoms with Crippen LogP contribution in [-0.4, -0.2) is 24.0 Å². The molecule has 19 heavy (non-hydrogen) atoms. The number of oxazole rings is 1. The van der Waals surface area contributed by atoms with Gasteiger partial charge >= 0.3 is 0 Å². The van der Waals surface area contributed by atoms with E-state index in [9.17, 15) is 0 Å². The highest BCUT2D eigenvalue weighted by atomic mass is 16.4. The fraction of sp³-hybridized carbons (Fsp3) is 0.571. The van der Waals surface area contributed by atoms with E-state index in [0.717, 1.165) is 18.3 Å². The van der Waals surface area contributed by atoms with Crippen molar-refractivity contribution in [2.45, 2.75) is 39.7 Å². The van der Waals surface area contributed by atoms with Crippen molar-refractivity contribution in [1.29, 1.82) is 0 Å². The van der Waals surface area contributed by atoms with Gasteiger partial charge in [-0.25, -0.2) is 9.98 Å². The number of nitrogens with zero attached hydrogens (tertiary/aromatic N) is 2. The maximum atomic E-state index is 5.69. The molecule has 0 saturated heterocycles. The number of aromatic nitrogens is 1. The second-order valence-electron chi connectivity index (χ2n) is 5.23. The molecule has 2 N–H and O–H groups in total. The molecule has 0 aliphatic heterocycles. The van der Waals surface area contributed by atoms with Crippen molar-refractivity contribution in [3.8, 4) is 0 Å². The highest BCUT2D eigenvalue weighted by Crippen LogP contribution is 2.22. The van der Waals surface area contributed by atoms with Crippen molar-refractivity contribution in [2.75, 3.05) is 13.1 Å². The van der Waals surface area contributed by atoms with Crippen molar-refractivity contribution in [3.05, 3.63) is 30.5 Å². The van der Waals surface area contributed by atoms with Crippen LogP contribution in [0.25, 0.3) is 0 Å². The minimum absolute atomic E-state index is 0.0272. The monoisotopic (exact) mass is 264 g/mol. The van der Waals surface area contributed by atoms with E-state index < -0.39 is 0 Å². The van der Waals surface area contributed by atoms with E-state index >= 15 is 0 Å². The smallest absolute Gasteiger partial charge is 0.216 e. The molecular formula is C14H24N4O. The highest BCUT2D eigenvalue weighted by Gasteiger charge is 2.18. The first kappa shape index (κ1) is 15.3. The molecule has 1 aromatic heterocycles. The van der Waals surface area contributed by atoms with Crippen LogP contribution in [0.3, 0.4) is 0 Å². The molecule has 0 unspecified atom stereocenters. The Morgan fingerprint density at radius 2 is 2.21 bits per heavy atom. The average Bonchev–Trinajstić information content (AvgIpc) is 2.81. The van der Waals surface area contributed by atoms with Crippen LogP contribution >= 0.6 is 0 Å². The van der Waals surface area contributed by atoms with E-state index in [1.54, 1.807) is 12.3 Å². The first-order valence-corrected chi connectivity index (χ1v) is 6.55. The van der Waals surface area contributed by atoms with Crippen molar-refractivity contribution in [2.24, 2.45) is 4.99 Å². The Hall–Kier alpha value is -1.78. The zero-order valence-electron chi connectivity index (χ0n) is 12.3. The largest absolute Gasteiger partial charge is 0.443 e. The molecule has 0 fully saturated rings. The van der Waals surface area contributed by atoms with E-state index in [4.69, 9.17) is 4.42 Å². The maximum Gasteiger partial charge on any atom is 0.216 e. The lowest BCUT2D eigenvalue weighted by Gasteiger charge is -2.13. The predicted octanol–water partition coefficient (Wildman–Crippen LogP) is 2.21. The van der Waals surface area contributed by atoms with Gasteiger partial charge in [0.1, 0.15) is 12.3 Å². The van der Waals surface area contributed by atoms with E-state index in [1.165, 1.54) is 0 Å². The molecule has 5 nitrogen and oxygen atoms in total. The van der Waals surface area contributed by atoms with Crippen molar-refractivity contribution in [3.63, 3.8) is 0 Å². The van der Waals surface area contributed by atoms with E-state index in [2.05, 4.69) is 48.0 Å². The van der Waals surface area contributed by atoms with Crippen LogP contribution in [-0.2, 0) is 12.0 Å². The summed E-state index contributed by atoms with van der Waals surface area (Å²) in [6.45, 7) is 13.9. The molecule has 5 heteroatoms. The van der Waals surface area contributed by atoms with Gasteiger partial charge in [0.05, 0.1) is 6.20 Å². The first-order chi connectivity index (χ1) is 8.97. The zero-order valence-corrected chi connectivity index (χ0v) is 12.3. The number of rotatable bonds is 5. The topological polar surface area (TPSA) is 62.5 Å². The average molecular weight is 264 g/mol. The summed E-state index contributed by atoms with van der Waals surface area (Å²) in [5, 5.41) is 6.28. The molecule has 0 saturated carbocycles. The molecule has 106 valence electrons. The molecule has 1 heterocycles.